The van der Waals surface area contributed by atoms with Crippen LogP contribution < -0.4 is 4.90 Å². The second-order valence-electron chi connectivity index (χ2n) is 5.58. The van der Waals surface area contributed by atoms with Gasteiger partial charge in [-0.1, -0.05) is 18.7 Å². The normalized spacial score (nSPS) is 25.5. The van der Waals surface area contributed by atoms with Crippen LogP contribution in [0.1, 0.15) is 18.4 Å². The molecular weight excluding hydrogens is 236 g/mol. The van der Waals surface area contributed by atoms with E-state index < -0.39 is 0 Å². The molecule has 2 bridgehead atoms. The summed E-state index contributed by atoms with van der Waals surface area (Å²) in [6.45, 7) is 7.63. The lowest BCUT2D eigenvalue weighted by molar-refractivity contribution is -0.129. The van der Waals surface area contributed by atoms with Crippen LogP contribution >= 0.6 is 0 Å². The van der Waals surface area contributed by atoms with E-state index in [2.05, 4.69) is 42.7 Å². The lowest BCUT2D eigenvalue weighted by Gasteiger charge is -2.41. The van der Waals surface area contributed by atoms with E-state index in [1.54, 1.807) is 0 Å². The number of carbonyl (C=O) groups is 1. The smallest absolute Gasteiger partial charge is 0.246 e. The van der Waals surface area contributed by atoms with Gasteiger partial charge in [0.1, 0.15) is 0 Å². The van der Waals surface area contributed by atoms with Crippen molar-refractivity contribution in [3.8, 4) is 0 Å². The molecule has 0 spiro atoms. The van der Waals surface area contributed by atoms with Gasteiger partial charge in [-0.25, -0.2) is 0 Å². The number of nitrogens with zero attached hydrogens (tertiary/aromatic N) is 2. The monoisotopic (exact) mass is 256 g/mol. The van der Waals surface area contributed by atoms with Gasteiger partial charge in [-0.05, 0) is 43.5 Å². The Bertz CT molecular complexity index is 497. The molecule has 2 aliphatic heterocycles. The summed E-state index contributed by atoms with van der Waals surface area (Å²) in [7, 11) is 0. The molecule has 0 aliphatic carbocycles. The first kappa shape index (κ1) is 12.3. The molecule has 0 saturated carbocycles. The molecule has 2 aliphatic rings. The highest BCUT2D eigenvalue weighted by Gasteiger charge is 2.41. The largest absolute Gasteiger partial charge is 0.367 e. The third-order valence-electron chi connectivity index (χ3n) is 4.28. The van der Waals surface area contributed by atoms with Crippen molar-refractivity contribution in [2.75, 3.05) is 18.0 Å². The lowest BCUT2D eigenvalue weighted by Crippen LogP contribution is -2.55. The zero-order valence-electron chi connectivity index (χ0n) is 11.4. The Morgan fingerprint density at radius 2 is 2.00 bits per heavy atom. The summed E-state index contributed by atoms with van der Waals surface area (Å²) < 4.78 is 0. The molecule has 1 aromatic carbocycles. The van der Waals surface area contributed by atoms with Crippen molar-refractivity contribution in [1.82, 2.24) is 4.90 Å². The fourth-order valence-electron chi connectivity index (χ4n) is 3.40. The van der Waals surface area contributed by atoms with E-state index in [1.807, 2.05) is 4.90 Å². The summed E-state index contributed by atoms with van der Waals surface area (Å²) in [5.74, 6) is 0.0939. The Morgan fingerprint density at radius 3 is 2.58 bits per heavy atom. The predicted molar refractivity (Wildman–Crippen MR) is 77.2 cm³/mol. The first-order valence-corrected chi connectivity index (χ1v) is 6.95. The van der Waals surface area contributed by atoms with Gasteiger partial charge in [0.05, 0.1) is 0 Å². The molecule has 2 unspecified atom stereocenters. The van der Waals surface area contributed by atoms with E-state index in [9.17, 15) is 4.79 Å². The summed E-state index contributed by atoms with van der Waals surface area (Å²) in [6.07, 6.45) is 3.69. The van der Waals surface area contributed by atoms with Gasteiger partial charge in [0.2, 0.25) is 5.91 Å². The van der Waals surface area contributed by atoms with Crippen molar-refractivity contribution >= 4 is 11.6 Å². The second-order valence-corrected chi connectivity index (χ2v) is 5.58. The van der Waals surface area contributed by atoms with Crippen LogP contribution in [-0.2, 0) is 4.79 Å². The van der Waals surface area contributed by atoms with Crippen LogP contribution in [0.25, 0.3) is 0 Å². The Morgan fingerprint density at radius 1 is 1.32 bits per heavy atom. The number of piperazine rings is 1. The number of amides is 1. The third-order valence-corrected chi connectivity index (χ3v) is 4.28. The third kappa shape index (κ3) is 2.14. The van der Waals surface area contributed by atoms with Crippen LogP contribution in [0, 0.1) is 6.92 Å². The van der Waals surface area contributed by atoms with Crippen molar-refractivity contribution in [3.05, 3.63) is 42.5 Å². The maximum Gasteiger partial charge on any atom is 0.246 e. The van der Waals surface area contributed by atoms with Gasteiger partial charge < -0.3 is 9.80 Å². The molecule has 0 radical (unpaired) electrons. The average molecular weight is 256 g/mol. The van der Waals surface area contributed by atoms with Gasteiger partial charge in [0.25, 0.3) is 0 Å². The molecule has 3 rings (SSSR count). The van der Waals surface area contributed by atoms with Gasteiger partial charge in [-0.15, -0.1) is 0 Å². The van der Waals surface area contributed by atoms with Gasteiger partial charge in [-0.3, -0.25) is 4.79 Å². The molecule has 0 aromatic heterocycles. The maximum atomic E-state index is 11.9. The quantitative estimate of drug-likeness (QED) is 0.758. The van der Waals surface area contributed by atoms with Crippen LogP contribution in [0.2, 0.25) is 0 Å². The molecule has 1 aromatic rings. The highest BCUT2D eigenvalue weighted by Crippen LogP contribution is 2.32. The van der Waals surface area contributed by atoms with Crippen LogP contribution in [-0.4, -0.2) is 36.0 Å². The minimum absolute atomic E-state index is 0.0939. The molecule has 1 amide bonds. The number of carbonyl (C=O) groups excluding carboxylic acids is 1. The molecule has 2 saturated heterocycles. The Balaban J connectivity index is 1.81. The first-order valence-electron chi connectivity index (χ1n) is 6.95. The van der Waals surface area contributed by atoms with Crippen molar-refractivity contribution in [2.45, 2.75) is 31.8 Å². The van der Waals surface area contributed by atoms with Crippen molar-refractivity contribution in [1.29, 1.82) is 0 Å². The van der Waals surface area contributed by atoms with E-state index in [0.29, 0.717) is 12.1 Å². The van der Waals surface area contributed by atoms with E-state index in [1.165, 1.54) is 17.3 Å². The minimum Gasteiger partial charge on any atom is -0.367 e. The van der Waals surface area contributed by atoms with Crippen LogP contribution in [0.3, 0.4) is 0 Å². The van der Waals surface area contributed by atoms with Gasteiger partial charge in [0, 0.05) is 30.9 Å². The number of rotatable bonds is 2. The topological polar surface area (TPSA) is 23.6 Å². The standard InChI is InChI=1S/C16H20N2O/c1-3-16(19)18-14-7-8-15(18)11-17(10-14)13-6-4-5-12(2)9-13/h3-6,9,14-15H,1,7-8,10-11H2,2H3. The highest BCUT2D eigenvalue weighted by molar-refractivity contribution is 5.88. The molecule has 19 heavy (non-hydrogen) atoms. The van der Waals surface area contributed by atoms with Gasteiger partial charge in [-0.2, -0.15) is 0 Å². The van der Waals surface area contributed by atoms with Crippen molar-refractivity contribution in [2.24, 2.45) is 0 Å². The number of fused-ring (bicyclic) bond motifs is 2. The number of aryl methyl sites for hydroxylation is 1. The van der Waals surface area contributed by atoms with Crippen molar-refractivity contribution in [3.63, 3.8) is 0 Å². The maximum absolute atomic E-state index is 11.9. The summed E-state index contributed by atoms with van der Waals surface area (Å²) in [5.41, 5.74) is 2.57. The molecular formula is C16H20N2O. The molecule has 100 valence electrons. The lowest BCUT2D eigenvalue weighted by atomic mass is 10.1. The number of hydrogen-bond acceptors (Lipinski definition) is 2. The molecule has 2 atom stereocenters. The van der Waals surface area contributed by atoms with Crippen LogP contribution in [0.15, 0.2) is 36.9 Å². The first-order chi connectivity index (χ1) is 9.19. The Hall–Kier alpha value is -1.77. The zero-order valence-corrected chi connectivity index (χ0v) is 11.4. The molecule has 2 fully saturated rings. The summed E-state index contributed by atoms with van der Waals surface area (Å²) in [5, 5.41) is 0. The van der Waals surface area contributed by atoms with Gasteiger partial charge in [0.15, 0.2) is 0 Å². The van der Waals surface area contributed by atoms with E-state index >= 15 is 0 Å². The second kappa shape index (κ2) is 4.72. The van der Waals surface area contributed by atoms with Crippen molar-refractivity contribution < 1.29 is 4.79 Å². The number of benzene rings is 1. The Labute approximate surface area is 114 Å². The predicted octanol–water partition coefficient (Wildman–Crippen LogP) is 2.36. The van der Waals surface area contributed by atoms with E-state index in [0.717, 1.165) is 25.9 Å². The van der Waals surface area contributed by atoms with Gasteiger partial charge >= 0.3 is 0 Å². The highest BCUT2D eigenvalue weighted by atomic mass is 16.2. The molecule has 2 heterocycles. The number of hydrogen-bond donors (Lipinski definition) is 0. The summed E-state index contributed by atoms with van der Waals surface area (Å²) in [6, 6.07) is 9.32. The van der Waals surface area contributed by atoms with Crippen LogP contribution in [0.5, 0.6) is 0 Å². The molecule has 3 heteroatoms. The Kier molecular flexibility index (Phi) is 3.05. The SMILES string of the molecule is C=CC(=O)N1C2CCC1CN(c1cccc(C)c1)C2. The average Bonchev–Trinajstić information content (AvgIpc) is 2.68. The number of anilines is 1. The summed E-state index contributed by atoms with van der Waals surface area (Å²) >= 11 is 0. The summed E-state index contributed by atoms with van der Waals surface area (Å²) in [4.78, 5) is 16.4. The molecule has 3 nitrogen and oxygen atoms in total. The van der Waals surface area contributed by atoms with E-state index in [4.69, 9.17) is 0 Å². The minimum atomic E-state index is 0.0939. The van der Waals surface area contributed by atoms with E-state index in [-0.39, 0.29) is 5.91 Å². The zero-order chi connectivity index (χ0) is 13.4. The van der Waals surface area contributed by atoms with Crippen LogP contribution in [0.4, 0.5) is 5.69 Å². The fraction of sp³-hybridized carbons (Fsp3) is 0.438. The fourth-order valence-corrected chi connectivity index (χ4v) is 3.40. The molecule has 0 N–H and O–H groups in total.